The van der Waals surface area contributed by atoms with E-state index in [1.165, 1.54) is 6.07 Å². The molecule has 0 saturated heterocycles. The van der Waals surface area contributed by atoms with Crippen molar-refractivity contribution in [2.75, 3.05) is 0 Å². The van der Waals surface area contributed by atoms with Gasteiger partial charge in [0.05, 0.1) is 5.97 Å². The summed E-state index contributed by atoms with van der Waals surface area (Å²) in [5, 5.41) is 44.4. The van der Waals surface area contributed by atoms with Crippen LogP contribution in [0.15, 0.2) is 146 Å². The molecule has 4 atom stereocenters. The molecule has 0 bridgehead atoms. The quantitative estimate of drug-likeness (QED) is 0.137. The molecule has 0 aliphatic carbocycles. The molecule has 0 aromatic heterocycles. The zero-order chi connectivity index (χ0) is 37.4. The summed E-state index contributed by atoms with van der Waals surface area (Å²) in [6.07, 6.45) is 0. The van der Waals surface area contributed by atoms with E-state index in [0.717, 1.165) is 33.4 Å². The number of aromatic carboxylic acids is 2. The van der Waals surface area contributed by atoms with E-state index >= 15 is 0 Å². The Hall–Kier alpha value is -5.37. The van der Waals surface area contributed by atoms with E-state index in [-0.39, 0.29) is 63.6 Å². The Morgan fingerprint density at radius 1 is 0.491 bits per heavy atom. The third-order valence-electron chi connectivity index (χ3n) is 9.88. The van der Waals surface area contributed by atoms with Gasteiger partial charge in [0.2, 0.25) is 0 Å². The van der Waals surface area contributed by atoms with E-state index in [1.807, 2.05) is 161 Å². The largest absolute Gasteiger partial charge is 2.00 e. The Balaban J connectivity index is 0.000000232. The SMILES string of the molecule is CC(c1ccccc1)c1cc(C(=O)O)c(O)c(C(C)c2ccccc2)c1.CC(c1ccccc1)c1cc(C(=O)[O-])c([O-])c(C(C)c2ccccc2)c1.[Mg+2]. The molecule has 0 aliphatic heterocycles. The molecule has 0 fully saturated rings. The van der Waals surface area contributed by atoms with Gasteiger partial charge >= 0.3 is 29.0 Å². The number of carboxylic acid groups (broad SMARTS) is 2. The number of carbonyl (C=O) groups excluding carboxylic acids is 1. The minimum Gasteiger partial charge on any atom is -0.872 e. The third-order valence-corrected chi connectivity index (χ3v) is 9.88. The number of hydrogen-bond acceptors (Lipinski definition) is 5. The summed E-state index contributed by atoms with van der Waals surface area (Å²) < 4.78 is 0. The molecule has 2 N–H and O–H groups in total. The Morgan fingerprint density at radius 2 is 0.811 bits per heavy atom. The van der Waals surface area contributed by atoms with Crippen molar-refractivity contribution in [1.82, 2.24) is 0 Å². The Bertz CT molecular complexity index is 1960. The third kappa shape index (κ3) is 9.55. The molecular weight excluding hydrogens is 673 g/mol. The Labute approximate surface area is 327 Å². The van der Waals surface area contributed by atoms with Gasteiger partial charge in [0, 0.05) is 29.2 Å². The van der Waals surface area contributed by atoms with Crippen LogP contribution >= 0.6 is 0 Å². The number of carboxylic acids is 2. The van der Waals surface area contributed by atoms with E-state index in [2.05, 4.69) is 0 Å². The van der Waals surface area contributed by atoms with Crippen LogP contribution in [0.4, 0.5) is 0 Å². The van der Waals surface area contributed by atoms with Gasteiger partial charge in [-0.15, -0.1) is 0 Å². The van der Waals surface area contributed by atoms with Crippen LogP contribution < -0.4 is 10.2 Å². The summed E-state index contributed by atoms with van der Waals surface area (Å²) in [4.78, 5) is 23.2. The van der Waals surface area contributed by atoms with E-state index in [1.54, 1.807) is 6.07 Å². The van der Waals surface area contributed by atoms with Crippen LogP contribution in [0, 0.1) is 0 Å². The summed E-state index contributed by atoms with van der Waals surface area (Å²) in [5.74, 6) is -3.50. The van der Waals surface area contributed by atoms with Gasteiger partial charge in [-0.3, -0.25) is 0 Å². The number of rotatable bonds is 10. The van der Waals surface area contributed by atoms with Gasteiger partial charge in [-0.2, -0.15) is 0 Å². The smallest absolute Gasteiger partial charge is 0.872 e. The molecular formula is C46H42MgO6. The fraction of sp³-hybridized carbons (Fsp3) is 0.174. The first-order valence-electron chi connectivity index (χ1n) is 17.3. The van der Waals surface area contributed by atoms with Crippen molar-refractivity contribution in [2.24, 2.45) is 0 Å². The van der Waals surface area contributed by atoms with E-state index in [0.29, 0.717) is 11.1 Å². The maximum absolute atomic E-state index is 12.7. The van der Waals surface area contributed by atoms with Crippen molar-refractivity contribution in [3.63, 3.8) is 0 Å². The fourth-order valence-electron chi connectivity index (χ4n) is 6.53. The van der Waals surface area contributed by atoms with Crippen LogP contribution in [0.25, 0.3) is 0 Å². The van der Waals surface area contributed by atoms with Crippen molar-refractivity contribution in [3.8, 4) is 11.5 Å². The van der Waals surface area contributed by atoms with Gasteiger partial charge in [0.15, 0.2) is 0 Å². The first-order valence-corrected chi connectivity index (χ1v) is 17.3. The van der Waals surface area contributed by atoms with Crippen LogP contribution in [-0.2, 0) is 0 Å². The second-order valence-corrected chi connectivity index (χ2v) is 13.1. The number of aromatic hydroxyl groups is 1. The molecule has 0 amide bonds. The molecule has 6 aromatic rings. The predicted molar refractivity (Wildman–Crippen MR) is 207 cm³/mol. The van der Waals surface area contributed by atoms with Crippen LogP contribution in [-0.4, -0.2) is 45.2 Å². The zero-order valence-electron chi connectivity index (χ0n) is 30.4. The molecule has 6 rings (SSSR count). The first-order chi connectivity index (χ1) is 25.0. The molecule has 6 nitrogen and oxygen atoms in total. The number of carbonyl (C=O) groups is 2. The van der Waals surface area contributed by atoms with Crippen LogP contribution in [0.3, 0.4) is 0 Å². The van der Waals surface area contributed by atoms with Gasteiger partial charge in [-0.1, -0.05) is 167 Å². The van der Waals surface area contributed by atoms with Gasteiger partial charge in [0.25, 0.3) is 0 Å². The molecule has 6 aromatic carbocycles. The molecule has 0 aliphatic rings. The van der Waals surface area contributed by atoms with Crippen LogP contribution in [0.1, 0.15) is 117 Å². The minimum absolute atomic E-state index is 0. The monoisotopic (exact) mass is 714 g/mol. The predicted octanol–water partition coefficient (Wildman–Crippen LogP) is 8.44. The van der Waals surface area contributed by atoms with Crippen molar-refractivity contribution in [2.45, 2.75) is 51.4 Å². The molecule has 0 heterocycles. The summed E-state index contributed by atoms with van der Waals surface area (Å²) >= 11 is 0. The maximum atomic E-state index is 12.7. The summed E-state index contributed by atoms with van der Waals surface area (Å²) in [6, 6.07) is 46.0. The molecule has 0 saturated carbocycles. The fourth-order valence-corrected chi connectivity index (χ4v) is 6.53. The van der Waals surface area contributed by atoms with Crippen molar-refractivity contribution >= 4 is 35.0 Å². The van der Waals surface area contributed by atoms with E-state index in [9.17, 15) is 30.0 Å². The van der Waals surface area contributed by atoms with Crippen molar-refractivity contribution < 1.29 is 30.0 Å². The standard InChI is InChI=1S/2C23H22O3.Mg/c2*1-15(17-9-5-3-6-10-17)19-13-20(22(24)21(14-19)23(25)26)16(2)18-11-7-4-8-12-18;/h2*3-16,24H,1-2H3,(H,25,26);/q;;+2/p-2. The Kier molecular flexibility index (Phi) is 14.0. The molecule has 53 heavy (non-hydrogen) atoms. The molecule has 7 heteroatoms. The van der Waals surface area contributed by atoms with Gasteiger partial charge in [0.1, 0.15) is 11.3 Å². The topological polar surface area (TPSA) is 121 Å². The zero-order valence-corrected chi connectivity index (χ0v) is 31.8. The number of benzene rings is 6. The van der Waals surface area contributed by atoms with Crippen LogP contribution in [0.5, 0.6) is 11.5 Å². The normalized spacial score (nSPS) is 12.9. The van der Waals surface area contributed by atoms with Gasteiger partial charge in [-0.05, 0) is 56.6 Å². The average Bonchev–Trinajstić information content (AvgIpc) is 3.18. The van der Waals surface area contributed by atoms with E-state index < -0.39 is 17.7 Å². The molecule has 264 valence electrons. The van der Waals surface area contributed by atoms with Gasteiger partial charge < -0.3 is 25.2 Å². The van der Waals surface area contributed by atoms with Crippen molar-refractivity contribution in [1.29, 1.82) is 0 Å². The van der Waals surface area contributed by atoms with Crippen molar-refractivity contribution in [3.05, 3.63) is 201 Å². The molecule has 4 unspecified atom stereocenters. The average molecular weight is 715 g/mol. The van der Waals surface area contributed by atoms with Gasteiger partial charge in [-0.25, -0.2) is 4.79 Å². The van der Waals surface area contributed by atoms with Crippen LogP contribution in [0.2, 0.25) is 0 Å². The summed E-state index contributed by atoms with van der Waals surface area (Å²) in [7, 11) is 0. The summed E-state index contributed by atoms with van der Waals surface area (Å²) in [6.45, 7) is 7.95. The van der Waals surface area contributed by atoms with E-state index in [4.69, 9.17) is 0 Å². The number of phenols is 1. The molecule has 0 radical (unpaired) electrons. The Morgan fingerprint density at radius 3 is 1.17 bits per heavy atom. The molecule has 0 spiro atoms. The first kappa shape index (κ1) is 40.4. The number of hydrogen-bond donors (Lipinski definition) is 2. The second-order valence-electron chi connectivity index (χ2n) is 13.1. The summed E-state index contributed by atoms with van der Waals surface area (Å²) in [5.41, 5.74) is 6.64. The maximum Gasteiger partial charge on any atom is 2.00 e. The minimum atomic E-state index is -1.43. The second kappa shape index (κ2) is 18.4.